The van der Waals surface area contributed by atoms with Crippen LogP contribution in [-0.2, 0) is 4.74 Å². The summed E-state index contributed by atoms with van der Waals surface area (Å²) >= 11 is 0. The number of ether oxygens (including phenoxy) is 1. The van der Waals surface area contributed by atoms with E-state index < -0.39 is 0 Å². The molecule has 0 amide bonds. The van der Waals surface area contributed by atoms with Crippen molar-refractivity contribution in [1.82, 2.24) is 0 Å². The van der Waals surface area contributed by atoms with Crippen LogP contribution in [0.2, 0.25) is 0 Å². The van der Waals surface area contributed by atoms with Crippen molar-refractivity contribution in [2.75, 3.05) is 26.1 Å². The van der Waals surface area contributed by atoms with E-state index in [1.807, 2.05) is 0 Å². The van der Waals surface area contributed by atoms with Crippen LogP contribution in [0.1, 0.15) is 12.8 Å². The minimum Gasteiger partial charge on any atom is -0.378 e. The molecule has 0 spiro atoms. The van der Waals surface area contributed by atoms with Crippen molar-refractivity contribution >= 4 is 7.92 Å². The number of hydrogen-bond acceptors (Lipinski definition) is 1. The Labute approximate surface area is 58.5 Å². The lowest BCUT2D eigenvalue weighted by atomic mass is 10.3. The lowest BCUT2D eigenvalue weighted by Crippen LogP contribution is -2.08. The lowest BCUT2D eigenvalue weighted by molar-refractivity contribution is 0.128. The third-order valence-corrected chi connectivity index (χ3v) is 2.73. The SMILES string of the molecule is CP(C)CC1CCCO1. The van der Waals surface area contributed by atoms with E-state index >= 15 is 0 Å². The first kappa shape index (κ1) is 7.50. The van der Waals surface area contributed by atoms with Gasteiger partial charge in [0.25, 0.3) is 0 Å². The molecule has 0 aliphatic carbocycles. The predicted molar refractivity (Wildman–Crippen MR) is 42.6 cm³/mol. The maximum absolute atomic E-state index is 5.48. The highest BCUT2D eigenvalue weighted by Crippen LogP contribution is 2.29. The fourth-order valence-corrected chi connectivity index (χ4v) is 2.30. The molecule has 0 radical (unpaired) electrons. The van der Waals surface area contributed by atoms with Crippen LogP contribution < -0.4 is 0 Å². The summed E-state index contributed by atoms with van der Waals surface area (Å²) in [5.41, 5.74) is 0. The molecule has 0 aromatic heterocycles. The third-order valence-electron chi connectivity index (χ3n) is 1.59. The highest BCUT2D eigenvalue weighted by Gasteiger charge is 2.15. The molecule has 1 unspecified atom stereocenters. The summed E-state index contributed by atoms with van der Waals surface area (Å²) in [6.07, 6.45) is 4.52. The number of rotatable bonds is 2. The van der Waals surface area contributed by atoms with Gasteiger partial charge in [-0.2, -0.15) is 0 Å². The van der Waals surface area contributed by atoms with Gasteiger partial charge in [-0.25, -0.2) is 0 Å². The molecule has 2 heteroatoms. The average molecular weight is 146 g/mol. The molecule has 0 saturated carbocycles. The highest BCUT2D eigenvalue weighted by atomic mass is 31.1. The van der Waals surface area contributed by atoms with E-state index in [0.29, 0.717) is 6.10 Å². The quantitative estimate of drug-likeness (QED) is 0.541. The molecule has 1 nitrogen and oxygen atoms in total. The van der Waals surface area contributed by atoms with Gasteiger partial charge < -0.3 is 4.74 Å². The molecule has 0 bridgehead atoms. The van der Waals surface area contributed by atoms with Crippen molar-refractivity contribution in [3.05, 3.63) is 0 Å². The first-order chi connectivity index (χ1) is 4.29. The zero-order valence-electron chi connectivity index (χ0n) is 6.26. The normalized spacial score (nSPS) is 27.7. The molecular formula is C7H15OP. The summed E-state index contributed by atoms with van der Waals surface area (Å²) in [4.78, 5) is 0. The Kier molecular flexibility index (Phi) is 2.94. The zero-order valence-corrected chi connectivity index (χ0v) is 7.16. The Balaban J connectivity index is 2.11. The van der Waals surface area contributed by atoms with Gasteiger partial charge in [-0.3, -0.25) is 0 Å². The van der Waals surface area contributed by atoms with Gasteiger partial charge in [0.15, 0.2) is 0 Å². The Morgan fingerprint density at radius 3 is 2.78 bits per heavy atom. The summed E-state index contributed by atoms with van der Waals surface area (Å²) in [6.45, 7) is 5.64. The fraction of sp³-hybridized carbons (Fsp3) is 1.00. The van der Waals surface area contributed by atoms with Crippen molar-refractivity contribution in [1.29, 1.82) is 0 Å². The molecule has 1 atom stereocenters. The van der Waals surface area contributed by atoms with Gasteiger partial charge in [0, 0.05) is 6.61 Å². The molecule has 1 aliphatic rings. The van der Waals surface area contributed by atoms with E-state index in [1.54, 1.807) is 0 Å². The largest absolute Gasteiger partial charge is 0.378 e. The van der Waals surface area contributed by atoms with E-state index in [0.717, 1.165) is 6.61 Å². The van der Waals surface area contributed by atoms with E-state index in [9.17, 15) is 0 Å². The lowest BCUT2D eigenvalue weighted by Gasteiger charge is -2.11. The van der Waals surface area contributed by atoms with E-state index in [4.69, 9.17) is 4.74 Å². The van der Waals surface area contributed by atoms with Gasteiger partial charge >= 0.3 is 0 Å². The molecule has 0 aromatic carbocycles. The van der Waals surface area contributed by atoms with Crippen LogP contribution in [0, 0.1) is 0 Å². The van der Waals surface area contributed by atoms with Gasteiger partial charge in [-0.15, -0.1) is 7.92 Å². The van der Waals surface area contributed by atoms with E-state index in [-0.39, 0.29) is 7.92 Å². The summed E-state index contributed by atoms with van der Waals surface area (Å²) in [7, 11) is 0.264. The maximum Gasteiger partial charge on any atom is 0.0614 e. The Hall–Kier alpha value is 0.390. The van der Waals surface area contributed by atoms with Gasteiger partial charge in [0.1, 0.15) is 0 Å². The van der Waals surface area contributed by atoms with Crippen LogP contribution in [0.5, 0.6) is 0 Å². The molecule has 1 fully saturated rings. The van der Waals surface area contributed by atoms with Crippen molar-refractivity contribution < 1.29 is 4.74 Å². The Bertz CT molecular complexity index is 77.0. The van der Waals surface area contributed by atoms with Crippen molar-refractivity contribution in [2.24, 2.45) is 0 Å². The average Bonchev–Trinajstić information content (AvgIpc) is 2.15. The van der Waals surface area contributed by atoms with Gasteiger partial charge in [-0.1, -0.05) is 0 Å². The van der Waals surface area contributed by atoms with Crippen LogP contribution in [0.3, 0.4) is 0 Å². The van der Waals surface area contributed by atoms with Crippen LogP contribution >= 0.6 is 7.92 Å². The molecule has 1 heterocycles. The van der Waals surface area contributed by atoms with Gasteiger partial charge in [-0.05, 0) is 32.3 Å². The minimum atomic E-state index is 0.264. The molecule has 9 heavy (non-hydrogen) atoms. The molecule has 54 valence electrons. The maximum atomic E-state index is 5.48. The summed E-state index contributed by atoms with van der Waals surface area (Å²) in [5.74, 6) is 0. The first-order valence-electron chi connectivity index (χ1n) is 3.55. The predicted octanol–water partition coefficient (Wildman–Crippen LogP) is 1.91. The Morgan fingerprint density at radius 1 is 1.56 bits per heavy atom. The summed E-state index contributed by atoms with van der Waals surface area (Å²) in [6, 6.07) is 0. The molecule has 1 aliphatic heterocycles. The second kappa shape index (κ2) is 3.53. The fourth-order valence-electron chi connectivity index (χ4n) is 1.20. The van der Waals surface area contributed by atoms with Crippen LogP contribution in [0.4, 0.5) is 0 Å². The third kappa shape index (κ3) is 2.64. The van der Waals surface area contributed by atoms with E-state index in [2.05, 4.69) is 13.3 Å². The standard InChI is InChI=1S/C7H15OP/c1-9(2)6-7-4-3-5-8-7/h7H,3-6H2,1-2H3. The molecule has 0 aromatic rings. The second-order valence-corrected chi connectivity index (χ2v) is 5.42. The molecule has 1 rings (SSSR count). The van der Waals surface area contributed by atoms with Crippen molar-refractivity contribution in [2.45, 2.75) is 18.9 Å². The Morgan fingerprint density at radius 2 is 2.33 bits per heavy atom. The van der Waals surface area contributed by atoms with Crippen molar-refractivity contribution in [3.8, 4) is 0 Å². The topological polar surface area (TPSA) is 9.23 Å². The minimum absolute atomic E-state index is 0.264. The second-order valence-electron chi connectivity index (χ2n) is 2.90. The van der Waals surface area contributed by atoms with E-state index in [1.165, 1.54) is 19.0 Å². The van der Waals surface area contributed by atoms with Gasteiger partial charge in [0.05, 0.1) is 6.10 Å². The van der Waals surface area contributed by atoms with Crippen molar-refractivity contribution in [3.63, 3.8) is 0 Å². The van der Waals surface area contributed by atoms with Gasteiger partial charge in [0.2, 0.25) is 0 Å². The van der Waals surface area contributed by atoms with Crippen LogP contribution in [-0.4, -0.2) is 32.2 Å². The molecule has 0 N–H and O–H groups in total. The molecule has 1 saturated heterocycles. The summed E-state index contributed by atoms with van der Waals surface area (Å²) in [5, 5.41) is 0. The van der Waals surface area contributed by atoms with Crippen LogP contribution in [0.25, 0.3) is 0 Å². The smallest absolute Gasteiger partial charge is 0.0614 e. The number of hydrogen-bond donors (Lipinski definition) is 0. The zero-order chi connectivity index (χ0) is 6.69. The first-order valence-corrected chi connectivity index (χ1v) is 5.97. The van der Waals surface area contributed by atoms with Crippen LogP contribution in [0.15, 0.2) is 0 Å². The summed E-state index contributed by atoms with van der Waals surface area (Å²) < 4.78 is 5.48. The molecular weight excluding hydrogens is 131 g/mol. The monoisotopic (exact) mass is 146 g/mol. The highest BCUT2D eigenvalue weighted by molar-refractivity contribution is 7.56.